The van der Waals surface area contributed by atoms with Crippen LogP contribution in [0.1, 0.15) is 21.5 Å². The number of hydrogen-bond acceptors (Lipinski definition) is 3. The van der Waals surface area contributed by atoms with Crippen molar-refractivity contribution in [1.82, 2.24) is 0 Å². The molecule has 0 saturated heterocycles. The van der Waals surface area contributed by atoms with Crippen molar-refractivity contribution in [3.05, 3.63) is 28.8 Å². The van der Waals surface area contributed by atoms with E-state index in [1.165, 1.54) is 6.07 Å². The summed E-state index contributed by atoms with van der Waals surface area (Å²) in [6, 6.07) is 4.39. The van der Waals surface area contributed by atoms with Crippen LogP contribution < -0.4 is 0 Å². The largest absolute Gasteiger partial charge is 0.507 e. The molecule has 4 nitrogen and oxygen atoms in total. The summed E-state index contributed by atoms with van der Waals surface area (Å²) in [5, 5.41) is 26.5. The molecule has 0 unspecified atom stereocenters. The second-order valence-corrected chi connectivity index (χ2v) is 2.61. The SMILES string of the molecule is Cc1cc(C#N)cc(C(=O)O)c1O. The van der Waals surface area contributed by atoms with Crippen LogP contribution in [0.25, 0.3) is 0 Å². The Morgan fingerprint density at radius 1 is 1.54 bits per heavy atom. The maximum Gasteiger partial charge on any atom is 0.339 e. The molecule has 0 aliphatic carbocycles. The van der Waals surface area contributed by atoms with E-state index in [1.807, 2.05) is 6.07 Å². The normalized spacial score (nSPS) is 9.23. The second kappa shape index (κ2) is 3.15. The Labute approximate surface area is 74.7 Å². The molecule has 0 radical (unpaired) electrons. The number of carboxylic acid groups (broad SMARTS) is 1. The first kappa shape index (κ1) is 9.07. The van der Waals surface area contributed by atoms with Crippen molar-refractivity contribution < 1.29 is 15.0 Å². The molecule has 2 N–H and O–H groups in total. The molecule has 0 saturated carbocycles. The number of hydrogen-bond donors (Lipinski definition) is 2. The molecule has 0 bridgehead atoms. The van der Waals surface area contributed by atoms with E-state index < -0.39 is 5.97 Å². The molecule has 0 atom stereocenters. The van der Waals surface area contributed by atoms with E-state index in [4.69, 9.17) is 10.4 Å². The van der Waals surface area contributed by atoms with Crippen LogP contribution in [0.3, 0.4) is 0 Å². The molecular formula is C9H7NO3. The summed E-state index contributed by atoms with van der Waals surface area (Å²) in [5.74, 6) is -1.52. The van der Waals surface area contributed by atoms with E-state index in [0.29, 0.717) is 5.56 Å². The number of carboxylic acids is 1. The zero-order valence-electron chi connectivity index (χ0n) is 6.90. The maximum atomic E-state index is 10.6. The third kappa shape index (κ3) is 1.59. The van der Waals surface area contributed by atoms with Crippen LogP contribution in [0.15, 0.2) is 12.1 Å². The highest BCUT2D eigenvalue weighted by Crippen LogP contribution is 2.23. The lowest BCUT2D eigenvalue weighted by Gasteiger charge is -2.02. The van der Waals surface area contributed by atoms with Crippen LogP contribution in [0.5, 0.6) is 5.75 Å². The lowest BCUT2D eigenvalue weighted by Crippen LogP contribution is -1.98. The van der Waals surface area contributed by atoms with Gasteiger partial charge in [0.15, 0.2) is 0 Å². The van der Waals surface area contributed by atoms with Crippen LogP contribution in [0.2, 0.25) is 0 Å². The van der Waals surface area contributed by atoms with Gasteiger partial charge in [0.05, 0.1) is 11.6 Å². The van der Waals surface area contributed by atoms with Crippen LogP contribution in [0.4, 0.5) is 0 Å². The van der Waals surface area contributed by atoms with Gasteiger partial charge in [-0.15, -0.1) is 0 Å². The first-order chi connectivity index (χ1) is 6.06. The fraction of sp³-hybridized carbons (Fsp3) is 0.111. The number of benzene rings is 1. The van der Waals surface area contributed by atoms with Gasteiger partial charge in [0.2, 0.25) is 0 Å². The third-order valence-electron chi connectivity index (χ3n) is 1.66. The molecule has 0 aliphatic rings. The molecule has 0 aliphatic heterocycles. The minimum Gasteiger partial charge on any atom is -0.507 e. The molecule has 1 aromatic carbocycles. The van der Waals surface area contributed by atoms with Crippen molar-refractivity contribution in [3.8, 4) is 11.8 Å². The predicted octanol–water partition coefficient (Wildman–Crippen LogP) is 1.27. The molecule has 66 valence electrons. The average molecular weight is 177 g/mol. The number of phenols is 1. The first-order valence-electron chi connectivity index (χ1n) is 3.53. The van der Waals surface area contributed by atoms with Crippen molar-refractivity contribution in [3.63, 3.8) is 0 Å². The van der Waals surface area contributed by atoms with Gasteiger partial charge in [-0.1, -0.05) is 0 Å². The minimum atomic E-state index is -1.24. The summed E-state index contributed by atoms with van der Waals surface area (Å²) >= 11 is 0. The van der Waals surface area contributed by atoms with Crippen LogP contribution >= 0.6 is 0 Å². The molecule has 1 rings (SSSR count). The molecule has 0 aromatic heterocycles. The van der Waals surface area contributed by atoms with E-state index >= 15 is 0 Å². The van der Waals surface area contributed by atoms with Gasteiger partial charge in [-0.05, 0) is 24.6 Å². The molecule has 4 heteroatoms. The van der Waals surface area contributed by atoms with Crippen LogP contribution in [-0.2, 0) is 0 Å². The summed E-state index contributed by atoms with van der Waals surface area (Å²) in [4.78, 5) is 10.6. The quantitative estimate of drug-likeness (QED) is 0.676. The number of aromatic hydroxyl groups is 1. The van der Waals surface area contributed by atoms with Crippen molar-refractivity contribution >= 4 is 5.97 Å². The lowest BCUT2D eigenvalue weighted by molar-refractivity contribution is 0.0693. The van der Waals surface area contributed by atoms with Gasteiger partial charge < -0.3 is 10.2 Å². The van der Waals surface area contributed by atoms with Crippen molar-refractivity contribution in [1.29, 1.82) is 5.26 Å². The predicted molar refractivity (Wildman–Crippen MR) is 44.5 cm³/mol. The summed E-state index contributed by atoms with van der Waals surface area (Å²) < 4.78 is 0. The molecule has 13 heavy (non-hydrogen) atoms. The minimum absolute atomic E-state index is 0.229. The van der Waals surface area contributed by atoms with Crippen molar-refractivity contribution in [2.45, 2.75) is 6.92 Å². The van der Waals surface area contributed by atoms with Crippen molar-refractivity contribution in [2.24, 2.45) is 0 Å². The first-order valence-corrected chi connectivity index (χ1v) is 3.53. The number of nitrogens with zero attached hydrogens (tertiary/aromatic N) is 1. The Balaban J connectivity index is 3.44. The lowest BCUT2D eigenvalue weighted by atomic mass is 10.1. The van der Waals surface area contributed by atoms with E-state index in [-0.39, 0.29) is 16.9 Å². The Bertz CT molecular complexity index is 404. The zero-order chi connectivity index (χ0) is 10.0. The second-order valence-electron chi connectivity index (χ2n) is 2.61. The zero-order valence-corrected chi connectivity index (χ0v) is 6.90. The summed E-state index contributed by atoms with van der Waals surface area (Å²) in [6.07, 6.45) is 0. The molecule has 0 fully saturated rings. The van der Waals surface area contributed by atoms with Crippen molar-refractivity contribution in [2.75, 3.05) is 0 Å². The number of nitriles is 1. The van der Waals surface area contributed by atoms with E-state index in [1.54, 1.807) is 6.92 Å². The van der Waals surface area contributed by atoms with Gasteiger partial charge >= 0.3 is 5.97 Å². The summed E-state index contributed by atoms with van der Waals surface area (Å²) in [5.41, 5.74) is 0.376. The van der Waals surface area contributed by atoms with Gasteiger partial charge in [0.1, 0.15) is 11.3 Å². The smallest absolute Gasteiger partial charge is 0.339 e. The monoisotopic (exact) mass is 177 g/mol. The Kier molecular flexibility index (Phi) is 2.20. The highest BCUT2D eigenvalue weighted by molar-refractivity contribution is 5.91. The van der Waals surface area contributed by atoms with Crippen LogP contribution in [0, 0.1) is 18.3 Å². The third-order valence-corrected chi connectivity index (χ3v) is 1.66. The Hall–Kier alpha value is -2.02. The number of rotatable bonds is 1. The molecule has 1 aromatic rings. The van der Waals surface area contributed by atoms with Gasteiger partial charge in [-0.3, -0.25) is 0 Å². The topological polar surface area (TPSA) is 81.3 Å². The van der Waals surface area contributed by atoms with Gasteiger partial charge in [0.25, 0.3) is 0 Å². The van der Waals surface area contributed by atoms with E-state index in [2.05, 4.69) is 0 Å². The Morgan fingerprint density at radius 2 is 2.15 bits per heavy atom. The highest BCUT2D eigenvalue weighted by Gasteiger charge is 2.12. The molecular weight excluding hydrogens is 170 g/mol. The van der Waals surface area contributed by atoms with Gasteiger partial charge in [-0.25, -0.2) is 4.79 Å². The number of aryl methyl sites for hydroxylation is 1. The Morgan fingerprint density at radius 3 is 2.62 bits per heavy atom. The number of carbonyl (C=O) groups is 1. The average Bonchev–Trinajstić information content (AvgIpc) is 2.09. The number of aromatic carboxylic acids is 1. The van der Waals surface area contributed by atoms with Crippen LogP contribution in [-0.4, -0.2) is 16.2 Å². The fourth-order valence-corrected chi connectivity index (χ4v) is 1.01. The standard InChI is InChI=1S/C9H7NO3/c1-5-2-6(4-10)3-7(8(5)11)9(12)13/h2-3,11H,1H3,(H,12,13). The fourth-order valence-electron chi connectivity index (χ4n) is 1.01. The highest BCUT2D eigenvalue weighted by atomic mass is 16.4. The molecule has 0 amide bonds. The van der Waals surface area contributed by atoms with Gasteiger partial charge in [-0.2, -0.15) is 5.26 Å². The van der Waals surface area contributed by atoms with E-state index in [9.17, 15) is 9.90 Å². The summed E-state index contributed by atoms with van der Waals surface area (Å²) in [7, 11) is 0. The molecule has 0 spiro atoms. The maximum absolute atomic E-state index is 10.6. The summed E-state index contributed by atoms with van der Waals surface area (Å²) in [6.45, 7) is 1.54. The van der Waals surface area contributed by atoms with Gasteiger partial charge in [0, 0.05) is 0 Å². The molecule has 0 heterocycles. The van der Waals surface area contributed by atoms with E-state index in [0.717, 1.165) is 6.07 Å².